The molecule has 6 heteroatoms. The van der Waals surface area contributed by atoms with Crippen molar-refractivity contribution < 1.29 is 0 Å². The van der Waals surface area contributed by atoms with E-state index in [9.17, 15) is 0 Å². The third-order valence-corrected chi connectivity index (χ3v) is 4.70. The van der Waals surface area contributed by atoms with Gasteiger partial charge in [-0.05, 0) is 53.3 Å². The first-order valence-corrected chi connectivity index (χ1v) is 7.83. The summed E-state index contributed by atoms with van der Waals surface area (Å²) in [5.41, 5.74) is 7.33. The normalized spacial score (nSPS) is 22.4. The summed E-state index contributed by atoms with van der Waals surface area (Å²) in [5.74, 6) is 2.27. The van der Waals surface area contributed by atoms with Crippen molar-refractivity contribution in [1.29, 1.82) is 0 Å². The summed E-state index contributed by atoms with van der Waals surface area (Å²) in [5, 5.41) is 12.7. The van der Waals surface area contributed by atoms with Gasteiger partial charge in [-0.3, -0.25) is 0 Å². The highest BCUT2D eigenvalue weighted by molar-refractivity contribution is 6.33. The Balaban J connectivity index is 1.79. The van der Waals surface area contributed by atoms with E-state index < -0.39 is 0 Å². The van der Waals surface area contributed by atoms with E-state index in [1.165, 1.54) is 25.7 Å². The van der Waals surface area contributed by atoms with Crippen LogP contribution in [-0.2, 0) is 6.54 Å². The van der Waals surface area contributed by atoms with Gasteiger partial charge in [0, 0.05) is 12.1 Å². The Morgan fingerprint density at radius 1 is 1.29 bits per heavy atom. The van der Waals surface area contributed by atoms with Gasteiger partial charge in [-0.15, -0.1) is 5.10 Å². The first kappa shape index (κ1) is 14.3. The number of halogens is 1. The molecular formula is C15H20ClN5. The number of benzene rings is 1. The van der Waals surface area contributed by atoms with Crippen molar-refractivity contribution in [3.63, 3.8) is 0 Å². The molecule has 2 N–H and O–H groups in total. The number of aromatic nitrogens is 4. The summed E-state index contributed by atoms with van der Waals surface area (Å²) in [6.45, 7) is 3.20. The van der Waals surface area contributed by atoms with E-state index in [0.717, 1.165) is 23.9 Å². The van der Waals surface area contributed by atoms with Crippen LogP contribution in [-0.4, -0.2) is 20.2 Å². The van der Waals surface area contributed by atoms with Crippen LogP contribution in [0.3, 0.4) is 0 Å². The van der Waals surface area contributed by atoms with Gasteiger partial charge in [0.1, 0.15) is 0 Å². The topological polar surface area (TPSA) is 69.6 Å². The van der Waals surface area contributed by atoms with Gasteiger partial charge >= 0.3 is 0 Å². The highest BCUT2D eigenvalue weighted by Gasteiger charge is 2.20. The molecule has 0 spiro atoms. The van der Waals surface area contributed by atoms with Gasteiger partial charge in [-0.1, -0.05) is 31.4 Å². The van der Waals surface area contributed by atoms with Crippen molar-refractivity contribution in [2.24, 2.45) is 11.8 Å². The number of anilines is 1. The molecule has 0 unspecified atom stereocenters. The van der Waals surface area contributed by atoms with Gasteiger partial charge in [-0.2, -0.15) is 0 Å². The van der Waals surface area contributed by atoms with E-state index in [4.69, 9.17) is 17.3 Å². The highest BCUT2D eigenvalue weighted by atomic mass is 35.5. The van der Waals surface area contributed by atoms with E-state index in [1.807, 2.05) is 16.8 Å². The molecule has 112 valence electrons. The Morgan fingerprint density at radius 3 is 2.76 bits per heavy atom. The predicted molar refractivity (Wildman–Crippen MR) is 83.8 cm³/mol. The van der Waals surface area contributed by atoms with Crippen LogP contribution in [0, 0.1) is 11.8 Å². The Hall–Kier alpha value is -1.62. The quantitative estimate of drug-likeness (QED) is 0.882. The minimum absolute atomic E-state index is 0.551. The van der Waals surface area contributed by atoms with Crippen LogP contribution in [0.15, 0.2) is 18.2 Å². The molecule has 3 rings (SSSR count). The maximum absolute atomic E-state index is 5.97. The number of nitrogens with zero attached hydrogens (tertiary/aromatic N) is 4. The van der Waals surface area contributed by atoms with Crippen LogP contribution >= 0.6 is 11.6 Å². The molecule has 0 atom stereocenters. The number of rotatable bonds is 3. The van der Waals surface area contributed by atoms with Gasteiger partial charge < -0.3 is 5.73 Å². The molecule has 5 nitrogen and oxygen atoms in total. The van der Waals surface area contributed by atoms with Crippen molar-refractivity contribution in [1.82, 2.24) is 20.2 Å². The molecule has 1 saturated carbocycles. The lowest BCUT2D eigenvalue weighted by Gasteiger charge is -2.26. The zero-order valence-electron chi connectivity index (χ0n) is 12.2. The summed E-state index contributed by atoms with van der Waals surface area (Å²) in [6.07, 6.45) is 5.11. The lowest BCUT2D eigenvalue weighted by atomic mass is 9.83. The van der Waals surface area contributed by atoms with E-state index in [0.29, 0.717) is 16.6 Å². The molecular weight excluding hydrogens is 286 g/mol. The molecule has 1 aliphatic rings. The minimum Gasteiger partial charge on any atom is -0.398 e. The Morgan fingerprint density at radius 2 is 2.05 bits per heavy atom. The number of hydrogen-bond donors (Lipinski definition) is 1. The van der Waals surface area contributed by atoms with Crippen LogP contribution in [0.5, 0.6) is 0 Å². The molecule has 0 bridgehead atoms. The van der Waals surface area contributed by atoms with E-state index in [1.54, 1.807) is 6.07 Å². The molecule has 0 radical (unpaired) electrons. The molecule has 1 fully saturated rings. The Kier molecular flexibility index (Phi) is 4.10. The molecule has 0 saturated heterocycles. The van der Waals surface area contributed by atoms with E-state index in [2.05, 4.69) is 22.4 Å². The number of tetrazole rings is 1. The largest absolute Gasteiger partial charge is 0.398 e. The van der Waals surface area contributed by atoms with E-state index >= 15 is 0 Å². The number of nitrogen functional groups attached to an aromatic ring is 1. The SMILES string of the molecule is CC1CCC(Cn2nnnc2-c2ccc(Cl)c(N)c2)CC1. The van der Waals surface area contributed by atoms with Gasteiger partial charge in [0.15, 0.2) is 5.82 Å². The summed E-state index contributed by atoms with van der Waals surface area (Å²) < 4.78 is 1.89. The van der Waals surface area contributed by atoms with Crippen molar-refractivity contribution in [3.05, 3.63) is 23.2 Å². The first-order chi connectivity index (χ1) is 10.1. The van der Waals surface area contributed by atoms with Crippen molar-refractivity contribution in [2.45, 2.75) is 39.2 Å². The van der Waals surface area contributed by atoms with E-state index in [-0.39, 0.29) is 0 Å². The average molecular weight is 306 g/mol. The number of nitrogens with two attached hydrogens (primary N) is 1. The standard InChI is InChI=1S/C15H20ClN5/c1-10-2-4-11(5-3-10)9-21-15(18-19-20-21)12-6-7-13(16)14(17)8-12/h6-8,10-11H,2-5,9,17H2,1H3. The second-order valence-electron chi connectivity index (χ2n) is 6.05. The van der Waals surface area contributed by atoms with Crippen LogP contribution in [0.2, 0.25) is 5.02 Å². The molecule has 1 heterocycles. The average Bonchev–Trinajstić information content (AvgIpc) is 2.92. The second-order valence-corrected chi connectivity index (χ2v) is 6.45. The van der Waals surface area contributed by atoms with Gasteiger partial charge in [0.05, 0.1) is 10.7 Å². The molecule has 2 aromatic rings. The molecule has 0 amide bonds. The smallest absolute Gasteiger partial charge is 0.182 e. The minimum atomic E-state index is 0.551. The van der Waals surface area contributed by atoms with Crippen LogP contribution in [0.25, 0.3) is 11.4 Å². The highest BCUT2D eigenvalue weighted by Crippen LogP contribution is 2.30. The fourth-order valence-electron chi connectivity index (χ4n) is 2.97. The fraction of sp³-hybridized carbons (Fsp3) is 0.533. The van der Waals surface area contributed by atoms with Gasteiger partial charge in [-0.25, -0.2) is 4.68 Å². The van der Waals surface area contributed by atoms with Crippen molar-refractivity contribution in [2.75, 3.05) is 5.73 Å². The summed E-state index contributed by atoms with van der Waals surface area (Å²) in [7, 11) is 0. The first-order valence-electron chi connectivity index (χ1n) is 7.45. The zero-order chi connectivity index (χ0) is 14.8. The molecule has 0 aliphatic heterocycles. The maximum atomic E-state index is 5.97. The summed E-state index contributed by atoms with van der Waals surface area (Å²) in [6, 6.07) is 5.52. The lowest BCUT2D eigenvalue weighted by molar-refractivity contribution is 0.257. The third-order valence-electron chi connectivity index (χ3n) is 4.35. The number of hydrogen-bond acceptors (Lipinski definition) is 4. The molecule has 1 aliphatic carbocycles. The summed E-state index contributed by atoms with van der Waals surface area (Å²) >= 11 is 5.97. The lowest BCUT2D eigenvalue weighted by Crippen LogP contribution is -2.19. The van der Waals surface area contributed by atoms with Crippen LogP contribution in [0.4, 0.5) is 5.69 Å². The second kappa shape index (κ2) is 6.02. The maximum Gasteiger partial charge on any atom is 0.182 e. The summed E-state index contributed by atoms with van der Waals surface area (Å²) in [4.78, 5) is 0. The predicted octanol–water partition coefficient (Wildman–Crippen LogP) is 3.40. The van der Waals surface area contributed by atoms with Gasteiger partial charge in [0.25, 0.3) is 0 Å². The molecule has 21 heavy (non-hydrogen) atoms. The monoisotopic (exact) mass is 305 g/mol. The fourth-order valence-corrected chi connectivity index (χ4v) is 3.09. The molecule has 1 aromatic heterocycles. The van der Waals surface area contributed by atoms with Crippen molar-refractivity contribution in [3.8, 4) is 11.4 Å². The Labute approximate surface area is 129 Å². The van der Waals surface area contributed by atoms with Gasteiger partial charge in [0.2, 0.25) is 0 Å². The third kappa shape index (κ3) is 3.18. The zero-order valence-corrected chi connectivity index (χ0v) is 12.9. The molecule has 1 aromatic carbocycles. The van der Waals surface area contributed by atoms with Crippen LogP contribution < -0.4 is 5.73 Å². The van der Waals surface area contributed by atoms with Crippen molar-refractivity contribution >= 4 is 17.3 Å². The Bertz CT molecular complexity index is 616. The van der Waals surface area contributed by atoms with Crippen LogP contribution in [0.1, 0.15) is 32.6 Å².